The molecule has 6 heterocycles. The van der Waals surface area contributed by atoms with Crippen molar-refractivity contribution >= 4 is 29.1 Å². The predicted octanol–water partition coefficient (Wildman–Crippen LogP) is 2.94. The van der Waals surface area contributed by atoms with Crippen LogP contribution in [0.25, 0.3) is 22.3 Å². The van der Waals surface area contributed by atoms with E-state index in [1.54, 1.807) is 11.9 Å². The topological polar surface area (TPSA) is 106 Å². The van der Waals surface area contributed by atoms with Crippen LogP contribution in [0.15, 0.2) is 36.5 Å². The van der Waals surface area contributed by atoms with Crippen LogP contribution in [-0.2, 0) is 32.2 Å². The molecule has 3 aromatic rings. The third-order valence-corrected chi connectivity index (χ3v) is 9.63. The average molecular weight is 572 g/mol. The van der Waals surface area contributed by atoms with Crippen LogP contribution in [0.2, 0.25) is 0 Å². The highest BCUT2D eigenvalue weighted by Gasteiger charge is 2.41. The second-order valence-electron chi connectivity index (χ2n) is 12.3. The highest BCUT2D eigenvalue weighted by Crippen LogP contribution is 2.39. The smallest absolute Gasteiger partial charge is 0.255 e. The largest absolute Gasteiger partial charge is 0.380 e. The van der Waals surface area contributed by atoms with E-state index >= 15 is 0 Å². The number of fused-ring (bicyclic) bond motifs is 2. The number of nitrogens with one attached hydrogen (secondary N) is 1. The van der Waals surface area contributed by atoms with Gasteiger partial charge in [0.2, 0.25) is 5.91 Å². The zero-order valence-electron chi connectivity index (χ0n) is 24.0. The fraction of sp³-hybridized carbons (Fsp3) is 0.500. The lowest BCUT2D eigenvalue weighted by Crippen LogP contribution is -2.50. The minimum atomic E-state index is -0.687. The van der Waals surface area contributed by atoms with Gasteiger partial charge in [0.25, 0.3) is 5.91 Å². The highest BCUT2D eigenvalue weighted by molar-refractivity contribution is 6.01. The molecular weight excluding hydrogens is 534 g/mol. The highest BCUT2D eigenvalue weighted by atomic mass is 16.5. The number of amides is 2. The molecule has 3 saturated heterocycles. The Labute approximate surface area is 245 Å². The molecule has 1 N–H and O–H groups in total. The molecule has 4 aliphatic rings. The molecule has 2 amide bonds. The molecule has 3 fully saturated rings. The number of likely N-dealkylation sites (N-methyl/N-ethyl adjacent to an activating group) is 1. The van der Waals surface area contributed by atoms with Gasteiger partial charge in [0.05, 0.1) is 38.2 Å². The van der Waals surface area contributed by atoms with Gasteiger partial charge < -0.3 is 29.1 Å². The summed E-state index contributed by atoms with van der Waals surface area (Å²) in [5, 5.41) is 3.81. The first-order chi connectivity index (χ1) is 20.5. The third kappa shape index (κ3) is 4.71. The summed E-state index contributed by atoms with van der Waals surface area (Å²) in [5.74, 6) is -0.442. The average Bonchev–Trinajstić information content (AvgIpc) is 3.52. The second-order valence-corrected chi connectivity index (χ2v) is 12.3. The molecule has 1 aromatic carbocycles. The molecule has 0 saturated carbocycles. The van der Waals surface area contributed by atoms with E-state index in [0.29, 0.717) is 37.2 Å². The van der Waals surface area contributed by atoms with Crippen molar-refractivity contribution in [1.29, 1.82) is 0 Å². The standard InChI is InChI=1S/C32H37N5O5/c1-33-30(39)28(3-2-12-38)37-16-22-13-21(4-5-26(22)31(37)40)27-14-23(15-35-10-7-32(8-11-35)19-42-20-32)25-6-9-36(29(25)34-27)24-17-41-18-24/h4-6,9,12-14,24,28H,2-3,7-8,10-11,15-20H2,1H3,(H,33,39). The van der Waals surface area contributed by atoms with E-state index in [0.717, 1.165) is 61.6 Å². The molecule has 2 aromatic heterocycles. The first kappa shape index (κ1) is 27.2. The number of carbonyl (C=O) groups excluding carboxylic acids is 3. The normalized spacial score (nSPS) is 20.8. The van der Waals surface area contributed by atoms with Gasteiger partial charge in [-0.15, -0.1) is 0 Å². The summed E-state index contributed by atoms with van der Waals surface area (Å²) in [4.78, 5) is 46.3. The third-order valence-electron chi connectivity index (χ3n) is 9.63. The fourth-order valence-electron chi connectivity index (χ4n) is 6.84. The maximum absolute atomic E-state index is 13.3. The van der Waals surface area contributed by atoms with Gasteiger partial charge >= 0.3 is 0 Å². The van der Waals surface area contributed by atoms with Gasteiger partial charge in [-0.3, -0.25) is 14.5 Å². The van der Waals surface area contributed by atoms with Gasteiger partial charge in [0.1, 0.15) is 18.0 Å². The van der Waals surface area contributed by atoms with E-state index in [1.807, 2.05) is 18.2 Å². The SMILES string of the molecule is CNC(=O)C(CCC=O)N1Cc2cc(-c3cc(CN4CCC5(CC4)COC5)c4ccn(C5COC5)c4n3)ccc2C1=O. The Morgan fingerprint density at radius 1 is 1.17 bits per heavy atom. The van der Waals surface area contributed by atoms with E-state index in [-0.39, 0.29) is 24.3 Å². The molecule has 1 atom stereocenters. The van der Waals surface area contributed by atoms with Crippen molar-refractivity contribution in [3.63, 3.8) is 0 Å². The molecule has 1 unspecified atom stereocenters. The molecule has 42 heavy (non-hydrogen) atoms. The molecule has 10 nitrogen and oxygen atoms in total. The van der Waals surface area contributed by atoms with Crippen LogP contribution in [0.5, 0.6) is 0 Å². The fourth-order valence-corrected chi connectivity index (χ4v) is 6.84. The lowest BCUT2D eigenvalue weighted by Gasteiger charge is -2.47. The zero-order chi connectivity index (χ0) is 28.8. The Morgan fingerprint density at radius 3 is 2.64 bits per heavy atom. The summed E-state index contributed by atoms with van der Waals surface area (Å²) in [6.45, 7) is 6.48. The molecule has 0 bridgehead atoms. The molecule has 4 aliphatic heterocycles. The van der Waals surface area contributed by atoms with Crippen LogP contribution in [0, 0.1) is 5.41 Å². The van der Waals surface area contributed by atoms with Gasteiger partial charge in [-0.25, -0.2) is 4.98 Å². The van der Waals surface area contributed by atoms with E-state index < -0.39 is 6.04 Å². The first-order valence-corrected chi connectivity index (χ1v) is 15.0. The first-order valence-electron chi connectivity index (χ1n) is 15.0. The number of likely N-dealkylation sites (tertiary alicyclic amines) is 1. The number of piperidine rings is 1. The van der Waals surface area contributed by atoms with Gasteiger partial charge in [-0.05, 0) is 67.7 Å². The van der Waals surface area contributed by atoms with Crippen molar-refractivity contribution in [2.45, 2.75) is 50.9 Å². The van der Waals surface area contributed by atoms with E-state index in [1.165, 1.54) is 23.8 Å². The minimum Gasteiger partial charge on any atom is -0.380 e. The molecule has 1 spiro atoms. The Kier molecular flexibility index (Phi) is 7.08. The number of ether oxygens (including phenoxy) is 2. The van der Waals surface area contributed by atoms with Crippen LogP contribution < -0.4 is 5.32 Å². The number of nitrogens with zero attached hydrogens (tertiary/aromatic N) is 4. The van der Waals surface area contributed by atoms with Gasteiger partial charge in [-0.2, -0.15) is 0 Å². The second kappa shape index (κ2) is 10.9. The summed E-state index contributed by atoms with van der Waals surface area (Å²) in [5.41, 5.74) is 5.88. The summed E-state index contributed by atoms with van der Waals surface area (Å²) < 4.78 is 13.3. The molecular formula is C32H37N5O5. The zero-order valence-corrected chi connectivity index (χ0v) is 24.0. The van der Waals surface area contributed by atoms with Crippen molar-refractivity contribution in [3.05, 3.63) is 53.2 Å². The molecule has 10 heteroatoms. The Bertz CT molecular complexity index is 1530. The number of hydrogen-bond donors (Lipinski definition) is 1. The Morgan fingerprint density at radius 2 is 1.98 bits per heavy atom. The molecule has 0 radical (unpaired) electrons. The van der Waals surface area contributed by atoms with Gasteiger partial charge in [0.15, 0.2) is 0 Å². The van der Waals surface area contributed by atoms with E-state index in [2.05, 4.69) is 33.1 Å². The van der Waals surface area contributed by atoms with Gasteiger partial charge in [0, 0.05) is 54.7 Å². The van der Waals surface area contributed by atoms with Crippen molar-refractivity contribution in [1.82, 2.24) is 24.7 Å². The number of pyridine rings is 1. The van der Waals surface area contributed by atoms with Crippen molar-refractivity contribution in [2.75, 3.05) is 46.6 Å². The van der Waals surface area contributed by atoms with Crippen LogP contribution in [-0.4, -0.2) is 90.1 Å². The summed E-state index contributed by atoms with van der Waals surface area (Å²) in [7, 11) is 1.55. The number of rotatable bonds is 9. The lowest BCUT2D eigenvalue weighted by atomic mass is 9.77. The van der Waals surface area contributed by atoms with Crippen molar-refractivity contribution in [3.8, 4) is 11.3 Å². The van der Waals surface area contributed by atoms with Crippen LogP contribution in [0.1, 0.15) is 53.2 Å². The Hall–Kier alpha value is -3.60. The molecule has 7 rings (SSSR count). The maximum atomic E-state index is 13.3. The van der Waals surface area contributed by atoms with Crippen molar-refractivity contribution < 1.29 is 23.9 Å². The number of benzene rings is 1. The van der Waals surface area contributed by atoms with Gasteiger partial charge in [-0.1, -0.05) is 6.07 Å². The van der Waals surface area contributed by atoms with Crippen LogP contribution in [0.3, 0.4) is 0 Å². The summed E-state index contributed by atoms with van der Waals surface area (Å²) in [6.07, 6.45) is 5.78. The summed E-state index contributed by atoms with van der Waals surface area (Å²) >= 11 is 0. The number of carbonyl (C=O) groups is 3. The quantitative estimate of drug-likeness (QED) is 0.394. The van der Waals surface area contributed by atoms with Crippen molar-refractivity contribution in [2.24, 2.45) is 5.41 Å². The number of hydrogen-bond acceptors (Lipinski definition) is 7. The number of aromatic nitrogens is 2. The van der Waals surface area contributed by atoms with Crippen LogP contribution in [0.4, 0.5) is 0 Å². The monoisotopic (exact) mass is 571 g/mol. The predicted molar refractivity (Wildman–Crippen MR) is 156 cm³/mol. The Balaban J connectivity index is 1.20. The molecule has 220 valence electrons. The maximum Gasteiger partial charge on any atom is 0.255 e. The minimum absolute atomic E-state index is 0.182. The molecule has 0 aliphatic carbocycles. The van der Waals surface area contributed by atoms with Crippen LogP contribution >= 0.6 is 0 Å². The number of aldehydes is 1. The summed E-state index contributed by atoms with van der Waals surface area (Å²) in [6, 6.07) is 9.82. The van der Waals surface area contributed by atoms with E-state index in [4.69, 9.17) is 14.5 Å². The van der Waals surface area contributed by atoms with E-state index in [9.17, 15) is 14.4 Å². The lowest BCUT2D eigenvalue weighted by molar-refractivity contribution is -0.140.